The second-order valence-corrected chi connectivity index (χ2v) is 7.93. The maximum Gasteiger partial charge on any atom is 0.0399 e. The van der Waals surface area contributed by atoms with Crippen molar-refractivity contribution in [3.63, 3.8) is 0 Å². The Morgan fingerprint density at radius 2 is 1.86 bits per heavy atom. The molecule has 1 saturated carbocycles. The van der Waals surface area contributed by atoms with Gasteiger partial charge in [0.15, 0.2) is 0 Å². The fourth-order valence-electron chi connectivity index (χ4n) is 4.27. The molecule has 1 aromatic carbocycles. The van der Waals surface area contributed by atoms with Gasteiger partial charge in [-0.3, -0.25) is 0 Å². The van der Waals surface area contributed by atoms with Crippen molar-refractivity contribution in [2.45, 2.75) is 51.9 Å². The number of alkyl halides is 1. The second kappa shape index (κ2) is 6.73. The Hall–Kier alpha value is -0.500. The second-order valence-electron chi connectivity index (χ2n) is 7.37. The number of hydrogen-bond acceptors (Lipinski definition) is 1. The highest BCUT2D eigenvalue weighted by Gasteiger charge is 2.34. The van der Waals surface area contributed by atoms with Crippen LogP contribution in [0.2, 0.25) is 0 Å². The van der Waals surface area contributed by atoms with Crippen LogP contribution in [0.5, 0.6) is 0 Å². The molecule has 1 aliphatic carbocycles. The van der Waals surface area contributed by atoms with E-state index < -0.39 is 0 Å². The molecule has 0 saturated heterocycles. The van der Waals surface area contributed by atoms with Crippen LogP contribution in [-0.2, 0) is 6.42 Å². The van der Waals surface area contributed by atoms with Crippen molar-refractivity contribution in [2.24, 2.45) is 11.3 Å². The highest BCUT2D eigenvalue weighted by atomic mass is 79.9. The van der Waals surface area contributed by atoms with E-state index in [1.165, 1.54) is 63.7 Å². The summed E-state index contributed by atoms with van der Waals surface area (Å²) >= 11 is 3.86. The molecule has 0 aromatic heterocycles. The monoisotopic (exact) mass is 349 g/mol. The lowest BCUT2D eigenvalue weighted by Gasteiger charge is -2.42. The van der Waals surface area contributed by atoms with Crippen LogP contribution in [0.3, 0.4) is 0 Å². The van der Waals surface area contributed by atoms with Crippen LogP contribution < -0.4 is 4.90 Å². The minimum atomic E-state index is 0.487. The Morgan fingerprint density at radius 1 is 1.14 bits per heavy atom. The summed E-state index contributed by atoms with van der Waals surface area (Å²) in [6.45, 7) is 4.86. The molecule has 0 spiro atoms. The lowest BCUT2D eigenvalue weighted by atomic mass is 9.80. The molecule has 0 bridgehead atoms. The first-order chi connectivity index (χ1) is 10.2. The molecule has 0 N–H and O–H groups in total. The number of fused-ring (bicyclic) bond motifs is 1. The average molecular weight is 350 g/mol. The predicted molar refractivity (Wildman–Crippen MR) is 95.5 cm³/mol. The van der Waals surface area contributed by atoms with Crippen LogP contribution >= 0.6 is 15.9 Å². The summed E-state index contributed by atoms with van der Waals surface area (Å²) in [5.74, 6) is 0.776. The van der Waals surface area contributed by atoms with E-state index in [0.717, 1.165) is 11.2 Å². The topological polar surface area (TPSA) is 3.24 Å². The van der Waals surface area contributed by atoms with Crippen molar-refractivity contribution in [2.75, 3.05) is 23.3 Å². The van der Waals surface area contributed by atoms with Gasteiger partial charge in [-0.05, 0) is 42.2 Å². The third kappa shape index (κ3) is 3.47. The zero-order valence-electron chi connectivity index (χ0n) is 13.3. The van der Waals surface area contributed by atoms with E-state index in [-0.39, 0.29) is 0 Å². The molecule has 2 aliphatic rings. The molecule has 1 atom stereocenters. The van der Waals surface area contributed by atoms with Gasteiger partial charge in [0.1, 0.15) is 0 Å². The van der Waals surface area contributed by atoms with E-state index in [9.17, 15) is 0 Å². The number of halogens is 1. The van der Waals surface area contributed by atoms with Crippen molar-refractivity contribution in [3.8, 4) is 0 Å². The Kier molecular flexibility index (Phi) is 4.93. The number of nitrogens with zero attached hydrogens (tertiary/aromatic N) is 1. The first-order valence-corrected chi connectivity index (χ1v) is 9.73. The predicted octanol–water partition coefficient (Wildman–Crippen LogP) is 5.42. The lowest BCUT2D eigenvalue weighted by Crippen LogP contribution is -2.43. The fourth-order valence-corrected chi connectivity index (χ4v) is 5.01. The summed E-state index contributed by atoms with van der Waals surface area (Å²) in [7, 11) is 0. The number of para-hydroxylation sites is 1. The maximum absolute atomic E-state index is 3.86. The summed E-state index contributed by atoms with van der Waals surface area (Å²) in [5.41, 5.74) is 3.54. The molecule has 1 fully saturated rings. The number of benzene rings is 1. The largest absolute Gasteiger partial charge is 0.370 e. The maximum atomic E-state index is 3.86. The number of rotatable bonds is 3. The molecule has 2 heteroatoms. The minimum absolute atomic E-state index is 0.487. The summed E-state index contributed by atoms with van der Waals surface area (Å²) < 4.78 is 0. The summed E-state index contributed by atoms with van der Waals surface area (Å²) in [6.07, 6.45) is 9.72. The van der Waals surface area contributed by atoms with Crippen LogP contribution in [0.4, 0.5) is 5.69 Å². The molecule has 21 heavy (non-hydrogen) atoms. The van der Waals surface area contributed by atoms with Gasteiger partial charge in [0, 0.05) is 24.1 Å². The smallest absolute Gasteiger partial charge is 0.0399 e. The minimum Gasteiger partial charge on any atom is -0.370 e. The van der Waals surface area contributed by atoms with Gasteiger partial charge < -0.3 is 4.90 Å². The molecule has 1 aromatic rings. The SMILES string of the molecule is CC1Cc2ccccc2N(CC2(CBr)CCCCCC2)C1. The molecule has 0 radical (unpaired) electrons. The van der Waals surface area contributed by atoms with E-state index in [1.54, 1.807) is 5.56 Å². The summed E-state index contributed by atoms with van der Waals surface area (Å²) in [5, 5.41) is 1.16. The van der Waals surface area contributed by atoms with Crippen molar-refractivity contribution in [3.05, 3.63) is 29.8 Å². The van der Waals surface area contributed by atoms with E-state index in [1.807, 2.05) is 0 Å². The van der Waals surface area contributed by atoms with Gasteiger partial charge in [-0.1, -0.05) is 66.7 Å². The van der Waals surface area contributed by atoms with Crippen molar-refractivity contribution < 1.29 is 0 Å². The quantitative estimate of drug-likeness (QED) is 0.520. The Labute approximate surface area is 138 Å². The Morgan fingerprint density at radius 3 is 2.57 bits per heavy atom. The number of anilines is 1. The number of hydrogen-bond donors (Lipinski definition) is 0. The van der Waals surface area contributed by atoms with Gasteiger partial charge in [-0.15, -0.1) is 0 Å². The van der Waals surface area contributed by atoms with Crippen LogP contribution in [-0.4, -0.2) is 18.4 Å². The first-order valence-electron chi connectivity index (χ1n) is 8.61. The van der Waals surface area contributed by atoms with E-state index >= 15 is 0 Å². The van der Waals surface area contributed by atoms with Gasteiger partial charge in [0.25, 0.3) is 0 Å². The summed E-state index contributed by atoms with van der Waals surface area (Å²) in [6, 6.07) is 9.06. The van der Waals surface area contributed by atoms with Crippen molar-refractivity contribution in [1.82, 2.24) is 0 Å². The molecule has 1 heterocycles. The van der Waals surface area contributed by atoms with Crippen LogP contribution in [0.25, 0.3) is 0 Å². The Bertz CT molecular complexity index is 462. The molecule has 1 nitrogen and oxygen atoms in total. The normalized spacial score (nSPS) is 25.2. The molecular weight excluding hydrogens is 322 g/mol. The van der Waals surface area contributed by atoms with Gasteiger partial charge in [-0.2, -0.15) is 0 Å². The van der Waals surface area contributed by atoms with Gasteiger partial charge >= 0.3 is 0 Å². The molecule has 1 aliphatic heterocycles. The third-order valence-corrected chi connectivity index (χ3v) is 6.60. The summed E-state index contributed by atoms with van der Waals surface area (Å²) in [4.78, 5) is 2.69. The Balaban J connectivity index is 1.82. The molecular formula is C19H28BrN. The highest BCUT2D eigenvalue weighted by Crippen LogP contribution is 2.40. The van der Waals surface area contributed by atoms with Gasteiger partial charge in [0.2, 0.25) is 0 Å². The fraction of sp³-hybridized carbons (Fsp3) is 0.684. The van der Waals surface area contributed by atoms with Gasteiger partial charge in [-0.25, -0.2) is 0 Å². The van der Waals surface area contributed by atoms with Gasteiger partial charge in [0.05, 0.1) is 0 Å². The third-order valence-electron chi connectivity index (χ3n) is 5.41. The van der Waals surface area contributed by atoms with Crippen LogP contribution in [0.15, 0.2) is 24.3 Å². The zero-order chi connectivity index (χ0) is 14.7. The van der Waals surface area contributed by atoms with Crippen LogP contribution in [0, 0.1) is 11.3 Å². The highest BCUT2D eigenvalue weighted by molar-refractivity contribution is 9.09. The molecule has 0 amide bonds. The molecule has 116 valence electrons. The van der Waals surface area contributed by atoms with Crippen LogP contribution in [0.1, 0.15) is 51.0 Å². The van der Waals surface area contributed by atoms with E-state index in [2.05, 4.69) is 52.0 Å². The van der Waals surface area contributed by atoms with Crippen molar-refractivity contribution >= 4 is 21.6 Å². The average Bonchev–Trinajstić information content (AvgIpc) is 2.73. The standard InChI is InChI=1S/C19H28BrN/c1-16-12-17-8-4-5-9-18(17)21(13-16)15-19(14-20)10-6-2-3-7-11-19/h4-5,8-9,16H,2-3,6-7,10-15H2,1H3. The van der Waals surface area contributed by atoms with E-state index in [0.29, 0.717) is 5.41 Å². The zero-order valence-corrected chi connectivity index (χ0v) is 14.9. The first kappa shape index (κ1) is 15.4. The molecule has 1 unspecified atom stereocenters. The van der Waals surface area contributed by atoms with Crippen molar-refractivity contribution in [1.29, 1.82) is 0 Å². The van der Waals surface area contributed by atoms with E-state index in [4.69, 9.17) is 0 Å². The molecule has 3 rings (SSSR count). The lowest BCUT2D eigenvalue weighted by molar-refractivity contribution is 0.284.